The quantitative estimate of drug-likeness (QED) is 0.235. The SMILES string of the molecule is COc1cccc(C(=O)C(C(=O)c2cccc(OC)c2OC)C(C)CC(C)(C)CP)c1OC. The lowest BCUT2D eigenvalue weighted by Gasteiger charge is -2.31. The molecule has 7 heteroatoms. The van der Waals surface area contributed by atoms with E-state index in [0.29, 0.717) is 40.5 Å². The first kappa shape index (κ1) is 26.7. The largest absolute Gasteiger partial charge is 0.493 e. The molecular formula is C26H35O6P. The number of rotatable bonds is 12. The van der Waals surface area contributed by atoms with Crippen molar-refractivity contribution in [3.63, 3.8) is 0 Å². The molecule has 0 spiro atoms. The molecule has 0 bridgehead atoms. The van der Waals surface area contributed by atoms with Gasteiger partial charge in [-0.3, -0.25) is 9.59 Å². The van der Waals surface area contributed by atoms with E-state index in [0.717, 1.165) is 6.16 Å². The number of ketones is 2. The molecule has 0 radical (unpaired) electrons. The number of hydrogen-bond donors (Lipinski definition) is 0. The number of carbonyl (C=O) groups is 2. The average Bonchev–Trinajstić information content (AvgIpc) is 2.82. The summed E-state index contributed by atoms with van der Waals surface area (Å²) >= 11 is 0. The van der Waals surface area contributed by atoms with E-state index < -0.39 is 5.92 Å². The van der Waals surface area contributed by atoms with E-state index in [1.165, 1.54) is 28.4 Å². The first-order chi connectivity index (χ1) is 15.6. The van der Waals surface area contributed by atoms with Crippen LogP contribution in [0.3, 0.4) is 0 Å². The number of benzene rings is 2. The molecular weight excluding hydrogens is 439 g/mol. The molecule has 6 nitrogen and oxygen atoms in total. The predicted octanol–water partition coefficient (Wildman–Crippen LogP) is 5.33. The summed E-state index contributed by atoms with van der Waals surface area (Å²) in [5.74, 6) is -0.302. The van der Waals surface area contributed by atoms with Crippen molar-refractivity contribution in [3.8, 4) is 23.0 Å². The van der Waals surface area contributed by atoms with Gasteiger partial charge in [-0.1, -0.05) is 32.9 Å². The van der Waals surface area contributed by atoms with Crippen LogP contribution in [0.2, 0.25) is 0 Å². The zero-order chi connectivity index (χ0) is 24.8. The second-order valence-electron chi connectivity index (χ2n) is 8.84. The Balaban J connectivity index is 2.66. The lowest BCUT2D eigenvalue weighted by molar-refractivity contribution is 0.0730. The van der Waals surface area contributed by atoms with Gasteiger partial charge in [0, 0.05) is 0 Å². The minimum atomic E-state index is -0.942. The molecule has 180 valence electrons. The average molecular weight is 475 g/mol. The topological polar surface area (TPSA) is 71.1 Å². The van der Waals surface area contributed by atoms with Gasteiger partial charge in [-0.05, 0) is 48.2 Å². The van der Waals surface area contributed by atoms with Crippen molar-refractivity contribution in [2.45, 2.75) is 27.2 Å². The minimum Gasteiger partial charge on any atom is -0.493 e. The van der Waals surface area contributed by atoms with Crippen LogP contribution in [0.15, 0.2) is 36.4 Å². The predicted molar refractivity (Wildman–Crippen MR) is 133 cm³/mol. The molecule has 0 saturated carbocycles. The number of ether oxygens (including phenoxy) is 4. The molecule has 2 unspecified atom stereocenters. The highest BCUT2D eigenvalue weighted by molar-refractivity contribution is 7.16. The van der Waals surface area contributed by atoms with E-state index in [2.05, 4.69) is 23.1 Å². The molecule has 2 aromatic carbocycles. The highest BCUT2D eigenvalue weighted by Crippen LogP contribution is 2.40. The molecule has 0 heterocycles. The fourth-order valence-corrected chi connectivity index (χ4v) is 4.37. The van der Waals surface area contributed by atoms with Gasteiger partial charge in [0.05, 0.1) is 45.5 Å². The van der Waals surface area contributed by atoms with Crippen LogP contribution in [0.5, 0.6) is 23.0 Å². The number of Topliss-reactive ketones (excluding diaryl/α,β-unsaturated/α-hetero) is 2. The fraction of sp³-hybridized carbons (Fsp3) is 0.462. The van der Waals surface area contributed by atoms with E-state index in [9.17, 15) is 9.59 Å². The Morgan fingerprint density at radius 3 is 1.58 bits per heavy atom. The van der Waals surface area contributed by atoms with Gasteiger partial charge < -0.3 is 18.9 Å². The van der Waals surface area contributed by atoms with Crippen LogP contribution in [-0.2, 0) is 0 Å². The summed E-state index contributed by atoms with van der Waals surface area (Å²) in [6.07, 6.45) is 1.52. The second kappa shape index (κ2) is 11.5. The maximum atomic E-state index is 13.9. The van der Waals surface area contributed by atoms with Gasteiger partial charge in [-0.15, -0.1) is 9.24 Å². The fourth-order valence-electron chi connectivity index (χ4n) is 4.21. The molecule has 0 aliphatic carbocycles. The summed E-state index contributed by atoms with van der Waals surface area (Å²) in [6.45, 7) is 6.20. The van der Waals surface area contributed by atoms with Gasteiger partial charge in [0.25, 0.3) is 0 Å². The number of hydrogen-bond acceptors (Lipinski definition) is 6. The van der Waals surface area contributed by atoms with Crippen molar-refractivity contribution in [1.29, 1.82) is 0 Å². The van der Waals surface area contributed by atoms with E-state index >= 15 is 0 Å². The van der Waals surface area contributed by atoms with Gasteiger partial charge in [-0.25, -0.2) is 0 Å². The Hall–Kier alpha value is -2.59. The Morgan fingerprint density at radius 2 is 1.24 bits per heavy atom. The van der Waals surface area contributed by atoms with Gasteiger partial charge in [0.2, 0.25) is 0 Å². The zero-order valence-electron chi connectivity index (χ0n) is 20.6. The van der Waals surface area contributed by atoms with E-state index in [-0.39, 0.29) is 22.9 Å². The van der Waals surface area contributed by atoms with Crippen LogP contribution in [0.4, 0.5) is 0 Å². The summed E-state index contributed by atoms with van der Waals surface area (Å²) < 4.78 is 21.8. The van der Waals surface area contributed by atoms with Gasteiger partial charge in [0.15, 0.2) is 34.6 Å². The Kier molecular flexibility index (Phi) is 9.30. The van der Waals surface area contributed by atoms with E-state index in [1.807, 2.05) is 6.92 Å². The van der Waals surface area contributed by atoms with Crippen LogP contribution < -0.4 is 18.9 Å². The Morgan fingerprint density at radius 1 is 0.818 bits per heavy atom. The number of methoxy groups -OCH3 is 4. The third-order valence-electron chi connectivity index (χ3n) is 5.90. The second-order valence-corrected chi connectivity index (χ2v) is 9.25. The van der Waals surface area contributed by atoms with Crippen molar-refractivity contribution in [2.24, 2.45) is 17.3 Å². The van der Waals surface area contributed by atoms with Crippen molar-refractivity contribution >= 4 is 20.8 Å². The summed E-state index contributed by atoms with van der Waals surface area (Å²) in [5, 5.41) is 0. The molecule has 0 aliphatic rings. The molecule has 0 amide bonds. The molecule has 0 aromatic heterocycles. The molecule has 2 rings (SSSR count). The van der Waals surface area contributed by atoms with Crippen LogP contribution in [-0.4, -0.2) is 46.2 Å². The highest BCUT2D eigenvalue weighted by atomic mass is 31.0. The van der Waals surface area contributed by atoms with Crippen LogP contribution in [0, 0.1) is 17.3 Å². The molecule has 0 fully saturated rings. The third kappa shape index (κ3) is 5.86. The van der Waals surface area contributed by atoms with Crippen LogP contribution in [0.25, 0.3) is 0 Å². The summed E-state index contributed by atoms with van der Waals surface area (Å²) in [4.78, 5) is 27.9. The van der Waals surface area contributed by atoms with Crippen molar-refractivity contribution in [1.82, 2.24) is 0 Å². The summed E-state index contributed by atoms with van der Waals surface area (Å²) in [5.41, 5.74) is 0.556. The van der Waals surface area contributed by atoms with E-state index in [4.69, 9.17) is 18.9 Å². The molecule has 0 saturated heterocycles. The highest BCUT2D eigenvalue weighted by Gasteiger charge is 2.38. The van der Waals surface area contributed by atoms with Crippen molar-refractivity contribution in [3.05, 3.63) is 47.5 Å². The number of carbonyl (C=O) groups excluding carboxylic acids is 2. The Bertz CT molecular complexity index is 917. The maximum Gasteiger partial charge on any atom is 0.177 e. The molecule has 0 N–H and O–H groups in total. The maximum absolute atomic E-state index is 13.9. The van der Waals surface area contributed by atoms with Gasteiger partial charge >= 0.3 is 0 Å². The normalized spacial score (nSPS) is 12.3. The minimum absolute atomic E-state index is 0.0696. The third-order valence-corrected chi connectivity index (χ3v) is 7.00. The first-order valence-electron chi connectivity index (χ1n) is 10.9. The zero-order valence-corrected chi connectivity index (χ0v) is 21.7. The standard InChI is InChI=1S/C26H35O6P/c1-16(14-26(2,3)15-33)21(22(27)17-10-8-12-19(29-4)24(17)31-6)23(28)18-11-9-13-20(30-5)25(18)32-7/h8-13,16,21H,14-15,33H2,1-7H3. The Labute approximate surface area is 199 Å². The number of para-hydroxylation sites is 2. The molecule has 2 atom stereocenters. The van der Waals surface area contributed by atoms with E-state index in [1.54, 1.807) is 36.4 Å². The van der Waals surface area contributed by atoms with Crippen LogP contribution in [0.1, 0.15) is 47.9 Å². The lowest BCUT2D eigenvalue weighted by atomic mass is 9.74. The monoisotopic (exact) mass is 474 g/mol. The summed E-state index contributed by atoms with van der Waals surface area (Å²) in [7, 11) is 8.75. The summed E-state index contributed by atoms with van der Waals surface area (Å²) in [6, 6.07) is 10.2. The van der Waals surface area contributed by atoms with Crippen molar-refractivity contribution in [2.75, 3.05) is 34.6 Å². The van der Waals surface area contributed by atoms with Gasteiger partial charge in [0.1, 0.15) is 0 Å². The smallest absolute Gasteiger partial charge is 0.177 e. The molecule has 33 heavy (non-hydrogen) atoms. The van der Waals surface area contributed by atoms with Crippen LogP contribution >= 0.6 is 9.24 Å². The first-order valence-corrected chi connectivity index (χ1v) is 11.7. The molecule has 2 aromatic rings. The van der Waals surface area contributed by atoms with Crippen molar-refractivity contribution < 1.29 is 28.5 Å². The lowest BCUT2D eigenvalue weighted by Crippen LogP contribution is -2.34. The van der Waals surface area contributed by atoms with Gasteiger partial charge in [-0.2, -0.15) is 0 Å². The molecule has 0 aliphatic heterocycles.